The minimum absolute atomic E-state index is 0.102. The highest BCUT2D eigenvalue weighted by Crippen LogP contribution is 2.06. The van der Waals surface area contributed by atoms with E-state index in [2.05, 4.69) is 20.9 Å². The Morgan fingerprint density at radius 3 is 2.03 bits per heavy atom. The van der Waals surface area contributed by atoms with Crippen LogP contribution in [0.25, 0.3) is 0 Å². The van der Waals surface area contributed by atoms with E-state index in [4.69, 9.17) is 22.9 Å². The number of nitrogens with zero attached hydrogens (tertiary/aromatic N) is 1. The first kappa shape index (κ1) is 30.1. The molecule has 4 unspecified atom stereocenters. The van der Waals surface area contributed by atoms with Crippen LogP contribution >= 0.6 is 0 Å². The summed E-state index contributed by atoms with van der Waals surface area (Å²) in [6.45, 7) is 5.60. The number of carbonyl (C=O) groups excluding carboxylic acids is 3. The Labute approximate surface area is 194 Å². The molecule has 0 aromatic carbocycles. The van der Waals surface area contributed by atoms with Crippen LogP contribution in [-0.4, -0.2) is 72.0 Å². The number of hydrogen-bond acceptors (Lipinski definition) is 7. The summed E-state index contributed by atoms with van der Waals surface area (Å²) in [5.74, 6) is -3.38. The van der Waals surface area contributed by atoms with Gasteiger partial charge in [-0.15, -0.1) is 0 Å². The molecule has 12 N–H and O–H groups in total. The number of aliphatic imine (C=N–C) groups is 1. The molecule has 13 nitrogen and oxygen atoms in total. The molecule has 0 aliphatic heterocycles. The Morgan fingerprint density at radius 2 is 1.52 bits per heavy atom. The van der Waals surface area contributed by atoms with E-state index >= 15 is 0 Å². The summed E-state index contributed by atoms with van der Waals surface area (Å²) in [6.07, 6.45) is 2.31. The average molecular weight is 473 g/mol. The maximum atomic E-state index is 12.7. The van der Waals surface area contributed by atoms with E-state index in [1.807, 2.05) is 0 Å². The number of nitrogens with one attached hydrogen (secondary N) is 3. The lowest BCUT2D eigenvalue weighted by molar-refractivity contribution is -0.142. The van der Waals surface area contributed by atoms with Gasteiger partial charge in [0, 0.05) is 6.54 Å². The molecule has 0 rings (SSSR count). The third-order valence-electron chi connectivity index (χ3n) is 4.86. The molecule has 0 aliphatic rings. The first-order valence-corrected chi connectivity index (χ1v) is 11.1. The van der Waals surface area contributed by atoms with Crippen molar-refractivity contribution in [1.29, 1.82) is 0 Å². The van der Waals surface area contributed by atoms with Crippen molar-refractivity contribution in [1.82, 2.24) is 16.0 Å². The summed E-state index contributed by atoms with van der Waals surface area (Å²) in [4.78, 5) is 52.7. The van der Waals surface area contributed by atoms with E-state index in [1.165, 1.54) is 6.92 Å². The third-order valence-corrected chi connectivity index (χ3v) is 4.86. The summed E-state index contributed by atoms with van der Waals surface area (Å²) in [6, 6.07) is -3.89. The maximum absolute atomic E-state index is 12.7. The summed E-state index contributed by atoms with van der Waals surface area (Å²) in [5, 5.41) is 16.9. The fourth-order valence-electron chi connectivity index (χ4n) is 2.86. The number of nitrogens with two attached hydrogens (primary N) is 4. The molecule has 0 aromatic rings. The topological polar surface area (TPSA) is 241 Å². The van der Waals surface area contributed by atoms with Gasteiger partial charge in [0.2, 0.25) is 17.7 Å². The van der Waals surface area contributed by atoms with Crippen LogP contribution in [0.2, 0.25) is 0 Å². The molecule has 0 saturated carbocycles. The van der Waals surface area contributed by atoms with Gasteiger partial charge in [-0.2, -0.15) is 0 Å². The fourth-order valence-corrected chi connectivity index (χ4v) is 2.86. The van der Waals surface area contributed by atoms with Gasteiger partial charge in [0.05, 0.1) is 6.04 Å². The number of aliphatic carboxylic acids is 1. The highest BCUT2D eigenvalue weighted by atomic mass is 16.4. The van der Waals surface area contributed by atoms with E-state index in [1.54, 1.807) is 13.8 Å². The van der Waals surface area contributed by atoms with E-state index < -0.39 is 47.9 Å². The molecule has 0 saturated heterocycles. The number of amides is 3. The minimum Gasteiger partial charge on any atom is -0.480 e. The van der Waals surface area contributed by atoms with Crippen molar-refractivity contribution < 1.29 is 24.3 Å². The summed E-state index contributed by atoms with van der Waals surface area (Å²) < 4.78 is 0. The SMILES string of the molecule is CC(NC(=O)C(N)CCCCN)C(=O)NC(C(=O)NC(CCCN=C(N)N)C(=O)O)C(C)C. The molecular weight excluding hydrogens is 432 g/mol. The zero-order chi connectivity index (χ0) is 25.6. The number of carboxylic acid groups (broad SMARTS) is 1. The smallest absolute Gasteiger partial charge is 0.326 e. The van der Waals surface area contributed by atoms with Crippen LogP contribution < -0.4 is 38.9 Å². The van der Waals surface area contributed by atoms with Crippen LogP contribution in [0.15, 0.2) is 4.99 Å². The van der Waals surface area contributed by atoms with E-state index in [-0.39, 0.29) is 24.8 Å². The van der Waals surface area contributed by atoms with Crippen molar-refractivity contribution in [3.05, 3.63) is 0 Å². The predicted octanol–water partition coefficient (Wildman–Crippen LogP) is -2.29. The number of carboxylic acids is 1. The van der Waals surface area contributed by atoms with Gasteiger partial charge in [-0.3, -0.25) is 19.4 Å². The second-order valence-electron chi connectivity index (χ2n) is 8.20. The van der Waals surface area contributed by atoms with Gasteiger partial charge in [-0.1, -0.05) is 20.3 Å². The second-order valence-corrected chi connectivity index (χ2v) is 8.20. The molecule has 3 amide bonds. The van der Waals surface area contributed by atoms with Gasteiger partial charge in [-0.05, 0) is 45.1 Å². The van der Waals surface area contributed by atoms with Crippen molar-refractivity contribution in [2.75, 3.05) is 13.1 Å². The summed E-state index contributed by atoms with van der Waals surface area (Å²) in [5.41, 5.74) is 21.7. The van der Waals surface area contributed by atoms with Crippen LogP contribution in [0.4, 0.5) is 0 Å². The monoisotopic (exact) mass is 472 g/mol. The van der Waals surface area contributed by atoms with Crippen LogP contribution in [0.5, 0.6) is 0 Å². The standard InChI is InChI=1S/C20H40N8O5/c1-11(2)15(18(31)27-14(19(32)33)8-6-10-25-20(23)24)28-16(29)12(3)26-17(30)13(22)7-4-5-9-21/h11-15H,4-10,21-22H2,1-3H3,(H,26,30)(H,27,31)(H,28,29)(H,32,33)(H4,23,24,25). The largest absolute Gasteiger partial charge is 0.480 e. The second kappa shape index (κ2) is 15.8. The molecule has 0 radical (unpaired) electrons. The average Bonchev–Trinajstić information content (AvgIpc) is 2.72. The molecule has 0 fully saturated rings. The van der Waals surface area contributed by atoms with Crippen LogP contribution in [-0.2, 0) is 19.2 Å². The molecule has 190 valence electrons. The van der Waals surface area contributed by atoms with Crippen LogP contribution in [0.3, 0.4) is 0 Å². The number of guanidine groups is 1. The Bertz CT molecular complexity index is 681. The Hall–Kier alpha value is -2.93. The molecule has 0 aromatic heterocycles. The van der Waals surface area contributed by atoms with Gasteiger partial charge in [0.25, 0.3) is 0 Å². The van der Waals surface area contributed by atoms with Gasteiger partial charge in [-0.25, -0.2) is 4.79 Å². The van der Waals surface area contributed by atoms with Crippen LogP contribution in [0.1, 0.15) is 52.9 Å². The molecular formula is C20H40N8O5. The van der Waals surface area contributed by atoms with Crippen molar-refractivity contribution in [3.63, 3.8) is 0 Å². The van der Waals surface area contributed by atoms with Crippen molar-refractivity contribution >= 4 is 29.7 Å². The lowest BCUT2D eigenvalue weighted by atomic mass is 10.0. The van der Waals surface area contributed by atoms with E-state index in [0.717, 1.165) is 6.42 Å². The number of rotatable bonds is 16. The lowest BCUT2D eigenvalue weighted by Crippen LogP contribution is -2.57. The molecule has 0 aliphatic carbocycles. The quantitative estimate of drug-likeness (QED) is 0.0683. The highest BCUT2D eigenvalue weighted by molar-refractivity contribution is 5.94. The van der Waals surface area contributed by atoms with E-state index in [0.29, 0.717) is 25.8 Å². The first-order valence-electron chi connectivity index (χ1n) is 11.1. The molecule has 33 heavy (non-hydrogen) atoms. The van der Waals surface area contributed by atoms with Gasteiger partial charge in [0.1, 0.15) is 18.1 Å². The maximum Gasteiger partial charge on any atom is 0.326 e. The summed E-state index contributed by atoms with van der Waals surface area (Å²) in [7, 11) is 0. The molecule has 0 heterocycles. The molecule has 4 atom stereocenters. The zero-order valence-electron chi connectivity index (χ0n) is 19.7. The first-order chi connectivity index (χ1) is 15.4. The molecule has 0 spiro atoms. The number of carbonyl (C=O) groups is 4. The van der Waals surface area contributed by atoms with Crippen molar-refractivity contribution in [2.24, 2.45) is 33.8 Å². The predicted molar refractivity (Wildman–Crippen MR) is 125 cm³/mol. The minimum atomic E-state index is -1.22. The van der Waals surface area contributed by atoms with Gasteiger partial charge >= 0.3 is 5.97 Å². The van der Waals surface area contributed by atoms with Crippen molar-refractivity contribution in [2.45, 2.75) is 77.0 Å². The zero-order valence-corrected chi connectivity index (χ0v) is 19.7. The van der Waals surface area contributed by atoms with Gasteiger partial charge < -0.3 is 44.0 Å². The number of hydrogen-bond donors (Lipinski definition) is 8. The van der Waals surface area contributed by atoms with Gasteiger partial charge in [0.15, 0.2) is 5.96 Å². The Balaban J connectivity index is 4.92. The third kappa shape index (κ3) is 12.6. The Morgan fingerprint density at radius 1 is 0.879 bits per heavy atom. The van der Waals surface area contributed by atoms with Crippen molar-refractivity contribution in [3.8, 4) is 0 Å². The lowest BCUT2D eigenvalue weighted by Gasteiger charge is -2.26. The molecule has 13 heteroatoms. The molecule has 0 bridgehead atoms. The van der Waals surface area contributed by atoms with Crippen LogP contribution in [0, 0.1) is 5.92 Å². The summed E-state index contributed by atoms with van der Waals surface area (Å²) >= 11 is 0. The van der Waals surface area contributed by atoms with E-state index in [9.17, 15) is 24.3 Å². The number of unbranched alkanes of at least 4 members (excludes halogenated alkanes) is 1. The Kier molecular flexibility index (Phi) is 14.4. The fraction of sp³-hybridized carbons (Fsp3) is 0.750. The normalized spacial score (nSPS) is 14.5. The highest BCUT2D eigenvalue weighted by Gasteiger charge is 2.30.